The highest BCUT2D eigenvalue weighted by atomic mass is 16.5. The highest BCUT2D eigenvalue weighted by Gasteiger charge is 2.32. The maximum absolute atomic E-state index is 11.6. The van der Waals surface area contributed by atoms with Crippen LogP contribution in [0.15, 0.2) is 16.9 Å². The number of hydrogen-bond donors (Lipinski definition) is 1. The molecule has 1 N–H and O–H groups in total. The van der Waals surface area contributed by atoms with Gasteiger partial charge < -0.3 is 9.84 Å². The van der Waals surface area contributed by atoms with Crippen LogP contribution in [0.5, 0.6) is 0 Å². The fraction of sp³-hybridized carbons (Fsp3) is 0.636. The number of rotatable bonds is 2. The number of nitrogens with zero attached hydrogens (tertiary/aromatic N) is 1. The van der Waals surface area contributed by atoms with Gasteiger partial charge in [0.2, 0.25) is 0 Å². The zero-order valence-electron chi connectivity index (χ0n) is 9.12. The summed E-state index contributed by atoms with van der Waals surface area (Å²) in [5.74, 6) is -0.133. The molecule has 1 aliphatic carbocycles. The lowest BCUT2D eigenvalue weighted by Crippen LogP contribution is -2.33. The van der Waals surface area contributed by atoms with Crippen molar-refractivity contribution in [1.29, 1.82) is 0 Å². The van der Waals surface area contributed by atoms with Crippen molar-refractivity contribution in [3.8, 4) is 0 Å². The Balaban J connectivity index is 1.91. The van der Waals surface area contributed by atoms with E-state index in [1.807, 2.05) is 0 Å². The van der Waals surface area contributed by atoms with Gasteiger partial charge in [-0.1, -0.05) is 19.0 Å². The maximum atomic E-state index is 11.6. The van der Waals surface area contributed by atoms with Crippen molar-refractivity contribution in [2.75, 3.05) is 0 Å². The maximum Gasteiger partial charge on any atom is 0.273 e. The van der Waals surface area contributed by atoms with E-state index >= 15 is 0 Å². The second-order valence-electron chi connectivity index (χ2n) is 4.96. The SMILES string of the molecule is CC1(C)CCC(NC(=O)c2ccon2)C1. The smallest absolute Gasteiger partial charge is 0.273 e. The lowest BCUT2D eigenvalue weighted by atomic mass is 9.92. The van der Waals surface area contributed by atoms with E-state index in [4.69, 9.17) is 0 Å². The van der Waals surface area contributed by atoms with Crippen molar-refractivity contribution in [3.63, 3.8) is 0 Å². The number of hydrogen-bond acceptors (Lipinski definition) is 3. The average molecular weight is 208 g/mol. The van der Waals surface area contributed by atoms with E-state index in [9.17, 15) is 4.79 Å². The molecule has 0 saturated heterocycles. The highest BCUT2D eigenvalue weighted by Crippen LogP contribution is 2.36. The first-order chi connectivity index (χ1) is 7.07. The van der Waals surface area contributed by atoms with E-state index in [1.165, 1.54) is 6.26 Å². The fourth-order valence-corrected chi connectivity index (χ4v) is 2.15. The van der Waals surface area contributed by atoms with Crippen LogP contribution in [-0.4, -0.2) is 17.1 Å². The second-order valence-corrected chi connectivity index (χ2v) is 4.96. The molecule has 0 spiro atoms. The van der Waals surface area contributed by atoms with Gasteiger partial charge in [0.15, 0.2) is 5.69 Å². The number of carbonyl (C=O) groups excluding carboxylic acids is 1. The van der Waals surface area contributed by atoms with Gasteiger partial charge in [0.05, 0.1) is 0 Å². The lowest BCUT2D eigenvalue weighted by Gasteiger charge is -2.17. The Morgan fingerprint density at radius 3 is 3.00 bits per heavy atom. The Labute approximate surface area is 89.0 Å². The molecule has 4 heteroatoms. The summed E-state index contributed by atoms with van der Waals surface area (Å²) in [4.78, 5) is 11.6. The molecule has 0 aromatic carbocycles. The van der Waals surface area contributed by atoms with Crippen LogP contribution in [0.1, 0.15) is 43.6 Å². The van der Waals surface area contributed by atoms with Crippen molar-refractivity contribution in [3.05, 3.63) is 18.0 Å². The third-order valence-corrected chi connectivity index (χ3v) is 2.97. The summed E-state index contributed by atoms with van der Waals surface area (Å²) in [6, 6.07) is 1.86. The summed E-state index contributed by atoms with van der Waals surface area (Å²) in [5, 5.41) is 6.58. The predicted octanol–water partition coefficient (Wildman–Crippen LogP) is 1.98. The Bertz CT molecular complexity index is 343. The number of aromatic nitrogens is 1. The molecular weight excluding hydrogens is 192 g/mol. The standard InChI is InChI=1S/C11H16N2O2/c1-11(2)5-3-8(7-11)12-10(14)9-4-6-15-13-9/h4,6,8H,3,5,7H2,1-2H3,(H,12,14). The van der Waals surface area contributed by atoms with Gasteiger partial charge in [0, 0.05) is 12.1 Å². The van der Waals surface area contributed by atoms with Crippen molar-refractivity contribution in [1.82, 2.24) is 10.5 Å². The van der Waals surface area contributed by atoms with Gasteiger partial charge in [0.25, 0.3) is 5.91 Å². The summed E-state index contributed by atoms with van der Waals surface area (Å²) < 4.78 is 4.63. The monoisotopic (exact) mass is 208 g/mol. The fourth-order valence-electron chi connectivity index (χ4n) is 2.15. The third-order valence-electron chi connectivity index (χ3n) is 2.97. The van der Waals surface area contributed by atoms with E-state index in [0.717, 1.165) is 19.3 Å². The van der Waals surface area contributed by atoms with Crippen LogP contribution in [-0.2, 0) is 0 Å². The van der Waals surface area contributed by atoms with Crippen molar-refractivity contribution < 1.29 is 9.32 Å². The largest absolute Gasteiger partial charge is 0.364 e. The molecule has 1 saturated carbocycles. The van der Waals surface area contributed by atoms with Gasteiger partial charge in [0.1, 0.15) is 6.26 Å². The van der Waals surface area contributed by atoms with Crippen LogP contribution in [0.25, 0.3) is 0 Å². The van der Waals surface area contributed by atoms with E-state index in [2.05, 4.69) is 28.8 Å². The molecule has 0 aliphatic heterocycles. The molecule has 1 aromatic rings. The molecule has 1 unspecified atom stereocenters. The second kappa shape index (κ2) is 3.68. The van der Waals surface area contributed by atoms with Gasteiger partial charge in [-0.15, -0.1) is 0 Å². The van der Waals surface area contributed by atoms with Gasteiger partial charge in [-0.25, -0.2) is 0 Å². The Kier molecular flexibility index (Phi) is 2.50. The lowest BCUT2D eigenvalue weighted by molar-refractivity contribution is 0.0927. The molecule has 15 heavy (non-hydrogen) atoms. The van der Waals surface area contributed by atoms with Crippen LogP contribution in [0.4, 0.5) is 0 Å². The number of amides is 1. The minimum atomic E-state index is -0.133. The van der Waals surface area contributed by atoms with Crippen LogP contribution in [0.2, 0.25) is 0 Å². The zero-order valence-corrected chi connectivity index (χ0v) is 9.12. The van der Waals surface area contributed by atoms with Gasteiger partial charge in [-0.3, -0.25) is 4.79 Å². The van der Waals surface area contributed by atoms with E-state index in [1.54, 1.807) is 6.07 Å². The Hall–Kier alpha value is -1.32. The number of nitrogens with one attached hydrogen (secondary N) is 1. The molecule has 1 aromatic heterocycles. The van der Waals surface area contributed by atoms with E-state index < -0.39 is 0 Å². The normalized spacial score (nSPS) is 24.0. The Morgan fingerprint density at radius 2 is 2.47 bits per heavy atom. The van der Waals surface area contributed by atoms with Gasteiger partial charge in [-0.2, -0.15) is 0 Å². The first-order valence-electron chi connectivity index (χ1n) is 5.28. The predicted molar refractivity (Wildman–Crippen MR) is 55.4 cm³/mol. The van der Waals surface area contributed by atoms with E-state index in [-0.39, 0.29) is 11.9 Å². The summed E-state index contributed by atoms with van der Waals surface area (Å²) >= 11 is 0. The summed E-state index contributed by atoms with van der Waals surface area (Å²) in [6.07, 6.45) is 4.66. The van der Waals surface area contributed by atoms with Crippen molar-refractivity contribution in [2.24, 2.45) is 5.41 Å². The van der Waals surface area contributed by atoms with Gasteiger partial charge >= 0.3 is 0 Å². The summed E-state index contributed by atoms with van der Waals surface area (Å²) in [5.41, 5.74) is 0.710. The molecule has 0 bridgehead atoms. The molecule has 82 valence electrons. The van der Waals surface area contributed by atoms with Gasteiger partial charge in [-0.05, 0) is 24.7 Å². The zero-order chi connectivity index (χ0) is 10.9. The van der Waals surface area contributed by atoms with Crippen LogP contribution >= 0.6 is 0 Å². The number of carbonyl (C=O) groups is 1. The molecule has 2 rings (SSSR count). The molecular formula is C11H16N2O2. The molecule has 4 nitrogen and oxygen atoms in total. The molecule has 1 atom stereocenters. The molecule has 1 aliphatic rings. The van der Waals surface area contributed by atoms with Crippen molar-refractivity contribution in [2.45, 2.75) is 39.2 Å². The average Bonchev–Trinajstić information content (AvgIpc) is 2.74. The molecule has 1 amide bonds. The summed E-state index contributed by atoms with van der Waals surface area (Å²) in [7, 11) is 0. The first kappa shape index (κ1) is 10.2. The molecule has 1 heterocycles. The van der Waals surface area contributed by atoms with Crippen LogP contribution in [0.3, 0.4) is 0 Å². The van der Waals surface area contributed by atoms with E-state index in [0.29, 0.717) is 11.1 Å². The Morgan fingerprint density at radius 1 is 1.67 bits per heavy atom. The topological polar surface area (TPSA) is 55.1 Å². The molecule has 1 fully saturated rings. The quantitative estimate of drug-likeness (QED) is 0.808. The molecule has 0 radical (unpaired) electrons. The first-order valence-corrected chi connectivity index (χ1v) is 5.28. The third kappa shape index (κ3) is 2.37. The van der Waals surface area contributed by atoms with Crippen LogP contribution in [0, 0.1) is 5.41 Å². The summed E-state index contributed by atoms with van der Waals surface area (Å²) in [6.45, 7) is 4.46. The highest BCUT2D eigenvalue weighted by molar-refractivity contribution is 5.92. The van der Waals surface area contributed by atoms with Crippen LogP contribution < -0.4 is 5.32 Å². The minimum absolute atomic E-state index is 0.133. The van der Waals surface area contributed by atoms with Crippen molar-refractivity contribution >= 4 is 5.91 Å². The minimum Gasteiger partial charge on any atom is -0.364 e.